The molecule has 0 N–H and O–H groups in total. The van der Waals surface area contributed by atoms with Crippen molar-refractivity contribution in [3.8, 4) is 5.75 Å². The molecular formula is C21H17O3P. The van der Waals surface area contributed by atoms with Gasteiger partial charge in [-0.05, 0) is 12.1 Å². The molecule has 0 aliphatic heterocycles. The van der Waals surface area contributed by atoms with E-state index in [1.807, 2.05) is 78.9 Å². The van der Waals surface area contributed by atoms with Crippen molar-refractivity contribution in [1.82, 2.24) is 0 Å². The van der Waals surface area contributed by atoms with Gasteiger partial charge in [0.05, 0.1) is 17.8 Å². The minimum atomic E-state index is -3.09. The first-order valence-corrected chi connectivity index (χ1v) is 9.72. The van der Waals surface area contributed by atoms with E-state index in [2.05, 4.69) is 0 Å². The van der Waals surface area contributed by atoms with Crippen molar-refractivity contribution in [2.45, 2.75) is 0 Å². The van der Waals surface area contributed by atoms with E-state index >= 15 is 0 Å². The number of fused-ring (bicyclic) bond motifs is 1. The Hall–Kier alpha value is -2.77. The maximum absolute atomic E-state index is 14.4. The molecule has 25 heavy (non-hydrogen) atoms. The van der Waals surface area contributed by atoms with Gasteiger partial charge in [-0.2, -0.15) is 0 Å². The number of furan rings is 1. The summed E-state index contributed by atoms with van der Waals surface area (Å²) in [6.07, 6.45) is 1.61. The Balaban J connectivity index is 2.09. The summed E-state index contributed by atoms with van der Waals surface area (Å²) in [5.41, 5.74) is 0.668. The highest BCUT2D eigenvalue weighted by Crippen LogP contribution is 2.46. The van der Waals surface area contributed by atoms with Gasteiger partial charge < -0.3 is 13.7 Å². The van der Waals surface area contributed by atoms with Gasteiger partial charge in [-0.1, -0.05) is 66.7 Å². The van der Waals surface area contributed by atoms with Gasteiger partial charge in [-0.3, -0.25) is 0 Å². The van der Waals surface area contributed by atoms with Crippen LogP contribution in [0.1, 0.15) is 0 Å². The quantitative estimate of drug-likeness (QED) is 0.522. The predicted molar refractivity (Wildman–Crippen MR) is 102 cm³/mol. The molecule has 1 aromatic heterocycles. The minimum absolute atomic E-state index is 0.660. The van der Waals surface area contributed by atoms with Gasteiger partial charge in [0.25, 0.3) is 0 Å². The molecule has 0 bridgehead atoms. The molecule has 0 atom stereocenters. The largest absolute Gasteiger partial charge is 0.496 e. The zero-order valence-corrected chi connectivity index (χ0v) is 14.6. The minimum Gasteiger partial charge on any atom is -0.496 e. The van der Waals surface area contributed by atoms with Crippen LogP contribution >= 0.6 is 7.14 Å². The number of ether oxygens (including phenoxy) is 1. The van der Waals surface area contributed by atoms with Gasteiger partial charge in [0.1, 0.15) is 17.6 Å². The zero-order valence-electron chi connectivity index (χ0n) is 13.8. The van der Waals surface area contributed by atoms with Crippen LogP contribution < -0.4 is 20.7 Å². The lowest BCUT2D eigenvalue weighted by Crippen LogP contribution is -2.24. The first-order chi connectivity index (χ1) is 12.2. The maximum atomic E-state index is 14.4. The van der Waals surface area contributed by atoms with E-state index in [9.17, 15) is 4.57 Å². The van der Waals surface area contributed by atoms with Crippen molar-refractivity contribution in [3.63, 3.8) is 0 Å². The lowest BCUT2D eigenvalue weighted by Gasteiger charge is -2.19. The van der Waals surface area contributed by atoms with E-state index in [0.29, 0.717) is 16.6 Å². The highest BCUT2D eigenvalue weighted by molar-refractivity contribution is 7.85. The number of methoxy groups -OCH3 is 1. The fraction of sp³-hybridized carbons (Fsp3) is 0.0476. The molecule has 0 aliphatic carbocycles. The van der Waals surface area contributed by atoms with E-state index in [0.717, 1.165) is 16.0 Å². The highest BCUT2D eigenvalue weighted by atomic mass is 31.2. The molecule has 0 fully saturated rings. The second-order valence-electron chi connectivity index (χ2n) is 5.73. The summed E-state index contributed by atoms with van der Waals surface area (Å²) in [7, 11) is -1.48. The van der Waals surface area contributed by atoms with Crippen molar-refractivity contribution < 1.29 is 13.7 Å². The molecule has 3 aromatic carbocycles. The zero-order chi connectivity index (χ0) is 17.3. The highest BCUT2D eigenvalue weighted by Gasteiger charge is 2.34. The van der Waals surface area contributed by atoms with Crippen LogP contribution in [0.25, 0.3) is 11.0 Å². The first kappa shape index (κ1) is 15.7. The van der Waals surface area contributed by atoms with Gasteiger partial charge in [0.2, 0.25) is 0 Å². The van der Waals surface area contributed by atoms with E-state index in [1.165, 1.54) is 0 Å². The summed E-state index contributed by atoms with van der Waals surface area (Å²) in [4.78, 5) is 0. The second kappa shape index (κ2) is 6.27. The van der Waals surface area contributed by atoms with E-state index in [4.69, 9.17) is 9.15 Å². The van der Waals surface area contributed by atoms with Crippen LogP contribution in [0, 0.1) is 0 Å². The summed E-state index contributed by atoms with van der Waals surface area (Å²) >= 11 is 0. The van der Waals surface area contributed by atoms with Crippen LogP contribution in [-0.4, -0.2) is 7.11 Å². The van der Waals surface area contributed by atoms with Gasteiger partial charge in [-0.15, -0.1) is 0 Å². The molecule has 0 radical (unpaired) electrons. The van der Waals surface area contributed by atoms with Crippen molar-refractivity contribution in [3.05, 3.63) is 85.1 Å². The van der Waals surface area contributed by atoms with Gasteiger partial charge >= 0.3 is 0 Å². The SMILES string of the molecule is COc1cccc2occ(P(=O)(c3ccccc3)c3ccccc3)c12. The lowest BCUT2D eigenvalue weighted by atomic mass is 10.2. The van der Waals surface area contributed by atoms with Crippen LogP contribution in [-0.2, 0) is 4.57 Å². The third kappa shape index (κ3) is 2.48. The Morgan fingerprint density at radius 1 is 0.800 bits per heavy atom. The number of hydrogen-bond acceptors (Lipinski definition) is 3. The molecule has 0 aliphatic rings. The number of rotatable bonds is 4. The molecular weight excluding hydrogens is 331 g/mol. The summed E-state index contributed by atoms with van der Waals surface area (Å²) in [5, 5.41) is 2.98. The van der Waals surface area contributed by atoms with Crippen LogP contribution in [0.4, 0.5) is 0 Å². The average Bonchev–Trinajstić information content (AvgIpc) is 3.13. The smallest absolute Gasteiger partial charge is 0.174 e. The van der Waals surface area contributed by atoms with Crippen LogP contribution in [0.2, 0.25) is 0 Å². The molecule has 3 nitrogen and oxygen atoms in total. The van der Waals surface area contributed by atoms with Gasteiger partial charge in [0, 0.05) is 10.6 Å². The molecule has 1 heterocycles. The summed E-state index contributed by atoms with van der Waals surface area (Å²) in [6, 6.07) is 24.7. The molecule has 4 rings (SSSR count). The van der Waals surface area contributed by atoms with E-state index < -0.39 is 7.14 Å². The summed E-state index contributed by atoms with van der Waals surface area (Å²) < 4.78 is 25.7. The van der Waals surface area contributed by atoms with E-state index in [1.54, 1.807) is 13.4 Å². The molecule has 4 heteroatoms. The molecule has 0 amide bonds. The third-order valence-corrected chi connectivity index (χ3v) is 7.40. The Bertz CT molecular complexity index is 1010. The Labute approximate surface area is 146 Å². The van der Waals surface area contributed by atoms with Gasteiger partial charge in [-0.25, -0.2) is 0 Å². The molecule has 0 unspecified atom stereocenters. The Kier molecular flexibility index (Phi) is 3.95. The van der Waals surface area contributed by atoms with Crippen LogP contribution in [0.15, 0.2) is 89.5 Å². The normalized spacial score (nSPS) is 11.6. The fourth-order valence-corrected chi connectivity index (χ4v) is 5.92. The van der Waals surface area contributed by atoms with Crippen molar-refractivity contribution in [1.29, 1.82) is 0 Å². The second-order valence-corrected chi connectivity index (χ2v) is 8.47. The van der Waals surface area contributed by atoms with E-state index in [-0.39, 0.29) is 0 Å². The number of hydrogen-bond donors (Lipinski definition) is 0. The molecule has 0 spiro atoms. The monoisotopic (exact) mass is 348 g/mol. The first-order valence-electron chi connectivity index (χ1n) is 8.01. The third-order valence-electron chi connectivity index (χ3n) is 4.34. The van der Waals surface area contributed by atoms with Crippen molar-refractivity contribution in [2.75, 3.05) is 7.11 Å². The summed E-state index contributed by atoms with van der Waals surface area (Å²) in [6.45, 7) is 0. The number of benzene rings is 3. The Morgan fingerprint density at radius 2 is 1.40 bits per heavy atom. The molecule has 124 valence electrons. The summed E-state index contributed by atoms with van der Waals surface area (Å²) in [5.74, 6) is 0.660. The van der Waals surface area contributed by atoms with Gasteiger partial charge in [0.15, 0.2) is 7.14 Å². The molecule has 0 saturated heterocycles. The standard InChI is InChI=1S/C21H17O3P/c1-23-18-13-8-14-19-21(18)20(15-24-19)25(22,16-9-4-2-5-10-16)17-11-6-3-7-12-17/h2-15H,1H3. The van der Waals surface area contributed by atoms with Crippen molar-refractivity contribution >= 4 is 34.0 Å². The molecule has 0 saturated carbocycles. The fourth-order valence-electron chi connectivity index (χ4n) is 3.14. The van der Waals surface area contributed by atoms with Crippen LogP contribution in [0.5, 0.6) is 5.75 Å². The topological polar surface area (TPSA) is 39.4 Å². The van der Waals surface area contributed by atoms with Crippen molar-refractivity contribution in [2.24, 2.45) is 0 Å². The molecule has 4 aromatic rings. The van der Waals surface area contributed by atoms with Crippen LogP contribution in [0.3, 0.4) is 0 Å². The average molecular weight is 348 g/mol. The maximum Gasteiger partial charge on any atom is 0.174 e. The Morgan fingerprint density at radius 3 is 1.96 bits per heavy atom. The lowest BCUT2D eigenvalue weighted by molar-refractivity contribution is 0.419. The predicted octanol–water partition coefficient (Wildman–Crippen LogP) is 4.08.